The normalized spacial score (nSPS) is 18.4. The molecule has 2 heterocycles. The van der Waals surface area contributed by atoms with E-state index in [2.05, 4.69) is 15.3 Å². The second kappa shape index (κ2) is 7.10. The van der Waals surface area contributed by atoms with Gasteiger partial charge in [0.1, 0.15) is 5.82 Å². The number of nitrogens with zero attached hydrogens (tertiary/aromatic N) is 3. The van der Waals surface area contributed by atoms with E-state index in [9.17, 15) is 9.59 Å². The first kappa shape index (κ1) is 15.3. The van der Waals surface area contributed by atoms with E-state index in [1.807, 2.05) is 0 Å². The maximum absolute atomic E-state index is 12.2. The second-order valence-electron chi connectivity index (χ2n) is 5.54. The molecule has 1 saturated heterocycles. The highest BCUT2D eigenvalue weighted by Crippen LogP contribution is 2.17. The number of amides is 3. The van der Waals surface area contributed by atoms with Gasteiger partial charge < -0.3 is 20.1 Å². The Labute approximate surface area is 124 Å². The monoisotopic (exact) mass is 293 g/mol. The summed E-state index contributed by atoms with van der Waals surface area (Å²) in [5.74, 6) is 0.778. The molecule has 0 aliphatic carbocycles. The van der Waals surface area contributed by atoms with Crippen LogP contribution in [-0.2, 0) is 11.2 Å². The highest BCUT2D eigenvalue weighted by Gasteiger charge is 2.28. The molecule has 1 fully saturated rings. The van der Waals surface area contributed by atoms with Crippen LogP contribution < -0.4 is 5.32 Å². The molecular weight excluding hydrogens is 270 g/mol. The number of carbonyl (C=O) groups is 2. The number of aromatic amines is 1. The molecule has 0 saturated carbocycles. The summed E-state index contributed by atoms with van der Waals surface area (Å²) in [5.41, 5.74) is 0. The molecule has 7 nitrogen and oxygen atoms in total. The topological polar surface area (TPSA) is 81.3 Å². The zero-order chi connectivity index (χ0) is 15.2. The Morgan fingerprint density at radius 1 is 1.52 bits per heavy atom. The summed E-state index contributed by atoms with van der Waals surface area (Å²) in [6.07, 6.45) is 5.86. The quantitative estimate of drug-likeness (QED) is 0.846. The van der Waals surface area contributed by atoms with Gasteiger partial charge in [0.25, 0.3) is 0 Å². The van der Waals surface area contributed by atoms with Crippen molar-refractivity contribution >= 4 is 11.9 Å². The van der Waals surface area contributed by atoms with E-state index >= 15 is 0 Å². The van der Waals surface area contributed by atoms with Crippen LogP contribution in [0.5, 0.6) is 0 Å². The molecule has 0 aromatic carbocycles. The number of imidazole rings is 1. The lowest BCUT2D eigenvalue weighted by Gasteiger charge is -2.33. The fraction of sp³-hybridized carbons (Fsp3) is 0.643. The molecule has 21 heavy (non-hydrogen) atoms. The van der Waals surface area contributed by atoms with Crippen LogP contribution in [-0.4, -0.2) is 65.4 Å². The first-order chi connectivity index (χ1) is 10.1. The average Bonchev–Trinajstić information content (AvgIpc) is 2.99. The molecule has 0 bridgehead atoms. The summed E-state index contributed by atoms with van der Waals surface area (Å²) < 4.78 is 0. The molecule has 0 spiro atoms. The van der Waals surface area contributed by atoms with Crippen LogP contribution in [0, 0.1) is 5.92 Å². The van der Waals surface area contributed by atoms with Crippen LogP contribution >= 0.6 is 0 Å². The minimum atomic E-state index is -0.112. The number of carbonyl (C=O) groups excluding carboxylic acids is 2. The fourth-order valence-electron chi connectivity index (χ4n) is 2.53. The highest BCUT2D eigenvalue weighted by molar-refractivity contribution is 5.80. The number of urea groups is 1. The lowest BCUT2D eigenvalue weighted by atomic mass is 9.97. The number of piperidine rings is 1. The predicted octanol–water partition coefficient (Wildman–Crippen LogP) is 0.462. The third kappa shape index (κ3) is 4.21. The van der Waals surface area contributed by atoms with Gasteiger partial charge in [0, 0.05) is 52.5 Å². The Bertz CT molecular complexity index is 472. The SMILES string of the molecule is CN(C)C(=O)N1CCCC(C(=O)NCCc2ncc[nH]2)C1. The van der Waals surface area contributed by atoms with Crippen LogP contribution in [0.4, 0.5) is 4.79 Å². The summed E-state index contributed by atoms with van der Waals surface area (Å²) in [6.45, 7) is 1.79. The van der Waals surface area contributed by atoms with Crippen molar-refractivity contribution in [2.24, 2.45) is 5.92 Å². The molecule has 1 aliphatic heterocycles. The number of hydrogen-bond acceptors (Lipinski definition) is 3. The molecule has 3 amide bonds. The Hall–Kier alpha value is -2.05. The third-order valence-electron chi connectivity index (χ3n) is 3.66. The second-order valence-corrected chi connectivity index (χ2v) is 5.54. The van der Waals surface area contributed by atoms with Gasteiger partial charge in [0.15, 0.2) is 0 Å². The minimum absolute atomic E-state index is 0.0249. The molecule has 116 valence electrons. The number of likely N-dealkylation sites (tertiary alicyclic amines) is 1. The molecule has 0 radical (unpaired) electrons. The van der Waals surface area contributed by atoms with Gasteiger partial charge in [-0.15, -0.1) is 0 Å². The number of rotatable bonds is 4. The first-order valence-corrected chi connectivity index (χ1v) is 7.30. The van der Waals surface area contributed by atoms with Crippen LogP contribution in [0.15, 0.2) is 12.4 Å². The Kier molecular flexibility index (Phi) is 5.19. The smallest absolute Gasteiger partial charge is 0.319 e. The van der Waals surface area contributed by atoms with Crippen LogP contribution in [0.3, 0.4) is 0 Å². The first-order valence-electron chi connectivity index (χ1n) is 7.30. The van der Waals surface area contributed by atoms with Crippen molar-refractivity contribution in [1.29, 1.82) is 0 Å². The molecule has 1 unspecified atom stereocenters. The Morgan fingerprint density at radius 3 is 3.00 bits per heavy atom. The molecule has 2 N–H and O–H groups in total. The van der Waals surface area contributed by atoms with Gasteiger partial charge in [-0.2, -0.15) is 0 Å². The maximum atomic E-state index is 12.2. The zero-order valence-electron chi connectivity index (χ0n) is 12.6. The van der Waals surface area contributed by atoms with Crippen LogP contribution in [0.25, 0.3) is 0 Å². The summed E-state index contributed by atoms with van der Waals surface area (Å²) in [5, 5.41) is 2.93. The number of H-pyrrole nitrogens is 1. The van der Waals surface area contributed by atoms with Crippen molar-refractivity contribution in [2.75, 3.05) is 33.7 Å². The summed E-state index contributed by atoms with van der Waals surface area (Å²) in [6, 6.07) is -0.0249. The number of hydrogen-bond donors (Lipinski definition) is 2. The maximum Gasteiger partial charge on any atom is 0.319 e. The lowest BCUT2D eigenvalue weighted by Crippen LogP contribution is -2.48. The van der Waals surface area contributed by atoms with Gasteiger partial charge in [-0.25, -0.2) is 9.78 Å². The predicted molar refractivity (Wildman–Crippen MR) is 78.7 cm³/mol. The van der Waals surface area contributed by atoms with E-state index in [4.69, 9.17) is 0 Å². The Balaban J connectivity index is 1.77. The van der Waals surface area contributed by atoms with E-state index in [1.54, 1.807) is 36.3 Å². The van der Waals surface area contributed by atoms with Crippen molar-refractivity contribution < 1.29 is 9.59 Å². The zero-order valence-corrected chi connectivity index (χ0v) is 12.6. The minimum Gasteiger partial charge on any atom is -0.355 e. The van der Waals surface area contributed by atoms with E-state index in [1.165, 1.54) is 0 Å². The van der Waals surface area contributed by atoms with Crippen molar-refractivity contribution in [2.45, 2.75) is 19.3 Å². The van der Waals surface area contributed by atoms with Gasteiger partial charge in [0.05, 0.1) is 5.92 Å². The average molecular weight is 293 g/mol. The van der Waals surface area contributed by atoms with E-state index in [0.29, 0.717) is 19.5 Å². The summed E-state index contributed by atoms with van der Waals surface area (Å²) in [7, 11) is 3.46. The van der Waals surface area contributed by atoms with Crippen LogP contribution in [0.2, 0.25) is 0 Å². The number of aromatic nitrogens is 2. The van der Waals surface area contributed by atoms with Gasteiger partial charge in [-0.05, 0) is 12.8 Å². The van der Waals surface area contributed by atoms with E-state index in [-0.39, 0.29) is 17.9 Å². The van der Waals surface area contributed by atoms with Crippen molar-refractivity contribution in [3.63, 3.8) is 0 Å². The largest absolute Gasteiger partial charge is 0.355 e. The van der Waals surface area contributed by atoms with Gasteiger partial charge in [-0.1, -0.05) is 0 Å². The molecule has 7 heteroatoms. The molecule has 1 aliphatic rings. The Morgan fingerprint density at radius 2 is 2.33 bits per heavy atom. The van der Waals surface area contributed by atoms with Gasteiger partial charge in [0.2, 0.25) is 5.91 Å². The molecule has 1 aromatic heterocycles. The number of nitrogens with one attached hydrogen (secondary N) is 2. The van der Waals surface area contributed by atoms with Crippen molar-refractivity contribution in [3.8, 4) is 0 Å². The molecule has 1 atom stereocenters. The van der Waals surface area contributed by atoms with E-state index < -0.39 is 0 Å². The fourth-order valence-corrected chi connectivity index (χ4v) is 2.53. The van der Waals surface area contributed by atoms with Crippen molar-refractivity contribution in [3.05, 3.63) is 18.2 Å². The lowest BCUT2D eigenvalue weighted by molar-refractivity contribution is -0.126. The van der Waals surface area contributed by atoms with E-state index in [0.717, 1.165) is 25.2 Å². The van der Waals surface area contributed by atoms with Gasteiger partial charge >= 0.3 is 6.03 Å². The summed E-state index contributed by atoms with van der Waals surface area (Å²) in [4.78, 5) is 34.5. The van der Waals surface area contributed by atoms with Crippen LogP contribution in [0.1, 0.15) is 18.7 Å². The molecular formula is C14H23N5O2. The molecule has 1 aromatic rings. The third-order valence-corrected chi connectivity index (χ3v) is 3.66. The molecule has 2 rings (SSSR count). The summed E-state index contributed by atoms with van der Waals surface area (Å²) >= 11 is 0. The standard InChI is InChI=1S/C14H23N5O2/c1-18(2)14(21)19-9-3-4-11(10-19)13(20)17-6-5-12-15-7-8-16-12/h7-8,11H,3-6,9-10H2,1-2H3,(H,15,16)(H,17,20). The van der Waals surface area contributed by atoms with Crippen molar-refractivity contribution in [1.82, 2.24) is 25.1 Å². The highest BCUT2D eigenvalue weighted by atomic mass is 16.2. The van der Waals surface area contributed by atoms with Gasteiger partial charge in [-0.3, -0.25) is 4.79 Å².